The van der Waals surface area contributed by atoms with E-state index in [4.69, 9.17) is 4.42 Å². The monoisotopic (exact) mass is 778 g/mol. The predicted octanol–water partition coefficient (Wildman–Crippen LogP) is 14.7. The number of rotatable bonds is 5. The van der Waals surface area contributed by atoms with Gasteiger partial charge in [0.2, 0.25) is 0 Å². The molecular formula is C56H34N4O. The number of benzene rings is 9. The summed E-state index contributed by atoms with van der Waals surface area (Å²) in [6.07, 6.45) is 1.79. The van der Waals surface area contributed by atoms with Crippen molar-refractivity contribution >= 4 is 76.3 Å². The molecule has 0 aliphatic rings. The van der Waals surface area contributed by atoms with Gasteiger partial charge in [-0.3, -0.25) is 0 Å². The molecule has 0 amide bonds. The van der Waals surface area contributed by atoms with Crippen molar-refractivity contribution in [3.63, 3.8) is 0 Å². The maximum atomic E-state index is 6.30. The molecule has 284 valence electrons. The van der Waals surface area contributed by atoms with E-state index in [1.807, 2.05) is 18.2 Å². The van der Waals surface area contributed by atoms with Gasteiger partial charge >= 0.3 is 0 Å². The average Bonchev–Trinajstić information content (AvgIpc) is 3.99. The normalized spacial score (nSPS) is 11.9. The van der Waals surface area contributed by atoms with E-state index in [9.17, 15) is 0 Å². The zero-order valence-corrected chi connectivity index (χ0v) is 32.8. The predicted molar refractivity (Wildman–Crippen MR) is 252 cm³/mol. The number of fused-ring (bicyclic) bond motifs is 10. The number of aromatic nitrogens is 4. The maximum absolute atomic E-state index is 6.30. The Morgan fingerprint density at radius 3 is 1.66 bits per heavy atom. The second-order valence-electron chi connectivity index (χ2n) is 15.9. The minimum absolute atomic E-state index is 0.743. The molecule has 5 heteroatoms. The largest absolute Gasteiger partial charge is 0.454 e. The molecule has 61 heavy (non-hydrogen) atoms. The molecule has 13 rings (SSSR count). The number of nitrogens with zero attached hydrogens (tertiary/aromatic N) is 4. The van der Waals surface area contributed by atoms with Gasteiger partial charge in [0, 0.05) is 43.9 Å². The summed E-state index contributed by atoms with van der Waals surface area (Å²) in [4.78, 5) is 0. The Balaban J connectivity index is 0.880. The van der Waals surface area contributed by atoms with Crippen LogP contribution in [-0.2, 0) is 0 Å². The molecule has 0 aliphatic heterocycles. The number of para-hydroxylation sites is 4. The zero-order valence-electron chi connectivity index (χ0n) is 32.8. The van der Waals surface area contributed by atoms with Crippen molar-refractivity contribution < 1.29 is 4.42 Å². The average molecular weight is 779 g/mol. The van der Waals surface area contributed by atoms with Gasteiger partial charge in [-0.25, -0.2) is 0 Å². The van der Waals surface area contributed by atoms with Gasteiger partial charge < -0.3 is 13.6 Å². The van der Waals surface area contributed by atoms with Gasteiger partial charge in [-0.05, 0) is 112 Å². The molecule has 5 nitrogen and oxygen atoms in total. The molecule has 0 N–H and O–H groups in total. The molecule has 0 unspecified atom stereocenters. The van der Waals surface area contributed by atoms with Gasteiger partial charge in [0.15, 0.2) is 5.58 Å². The SMILES string of the molecule is c1ccc(-n2c3ccccc3c3cc(-c4ccc5c(c4)c4ccccc4n5-c4ccc5cc(-c6cccc(-c7nncc8c7oc7ccccc78)c6)ccc5c4)ccc32)cc1. The third-order valence-corrected chi connectivity index (χ3v) is 12.4. The second kappa shape index (κ2) is 13.1. The highest BCUT2D eigenvalue weighted by molar-refractivity contribution is 6.13. The Morgan fingerprint density at radius 2 is 0.902 bits per heavy atom. The summed E-state index contributed by atoms with van der Waals surface area (Å²) >= 11 is 0. The molecule has 0 fully saturated rings. The molecule has 4 aromatic heterocycles. The van der Waals surface area contributed by atoms with Crippen LogP contribution >= 0.6 is 0 Å². The van der Waals surface area contributed by atoms with Crippen molar-refractivity contribution in [1.29, 1.82) is 0 Å². The third kappa shape index (κ3) is 5.21. The molecule has 9 aromatic carbocycles. The lowest BCUT2D eigenvalue weighted by molar-refractivity contribution is 0.666. The Morgan fingerprint density at radius 1 is 0.344 bits per heavy atom. The highest BCUT2D eigenvalue weighted by atomic mass is 16.3. The molecular weight excluding hydrogens is 745 g/mol. The van der Waals surface area contributed by atoms with Gasteiger partial charge in [-0.2, -0.15) is 5.10 Å². The van der Waals surface area contributed by atoms with Gasteiger partial charge in [0.05, 0.1) is 33.6 Å². The van der Waals surface area contributed by atoms with E-state index in [0.717, 1.165) is 50.0 Å². The van der Waals surface area contributed by atoms with Crippen molar-refractivity contribution in [2.45, 2.75) is 0 Å². The highest BCUT2D eigenvalue weighted by Gasteiger charge is 2.18. The first kappa shape index (κ1) is 33.7. The van der Waals surface area contributed by atoms with Gasteiger partial charge in [0.25, 0.3) is 0 Å². The Labute approximate surface area is 350 Å². The molecule has 0 aliphatic carbocycles. The van der Waals surface area contributed by atoms with Crippen LogP contribution in [0.2, 0.25) is 0 Å². The van der Waals surface area contributed by atoms with E-state index in [2.05, 4.69) is 201 Å². The molecule has 0 saturated carbocycles. The Kier molecular flexibility index (Phi) is 7.24. The van der Waals surface area contributed by atoms with Crippen molar-refractivity contribution in [1.82, 2.24) is 19.3 Å². The van der Waals surface area contributed by atoms with Crippen LogP contribution in [0, 0.1) is 0 Å². The van der Waals surface area contributed by atoms with E-state index in [1.165, 1.54) is 71.2 Å². The smallest absolute Gasteiger partial charge is 0.165 e. The van der Waals surface area contributed by atoms with Crippen molar-refractivity contribution in [3.05, 3.63) is 206 Å². The topological polar surface area (TPSA) is 48.8 Å². The van der Waals surface area contributed by atoms with Crippen molar-refractivity contribution in [2.24, 2.45) is 0 Å². The fourth-order valence-corrected chi connectivity index (χ4v) is 9.58. The molecule has 0 spiro atoms. The zero-order chi connectivity index (χ0) is 40.0. The Bertz CT molecular complexity index is 3890. The number of furan rings is 1. The van der Waals surface area contributed by atoms with Crippen LogP contribution in [-0.4, -0.2) is 19.3 Å². The van der Waals surface area contributed by atoms with Gasteiger partial charge in [0.1, 0.15) is 11.3 Å². The van der Waals surface area contributed by atoms with Crippen LogP contribution in [0.1, 0.15) is 0 Å². The summed E-state index contributed by atoms with van der Waals surface area (Å²) in [5, 5.41) is 18.2. The summed E-state index contributed by atoms with van der Waals surface area (Å²) in [6, 6.07) is 72.0. The van der Waals surface area contributed by atoms with E-state index in [0.29, 0.717) is 0 Å². The molecule has 13 aromatic rings. The first-order valence-electron chi connectivity index (χ1n) is 20.6. The molecule has 0 atom stereocenters. The summed E-state index contributed by atoms with van der Waals surface area (Å²) in [6.45, 7) is 0. The summed E-state index contributed by atoms with van der Waals surface area (Å²) in [7, 11) is 0. The molecule has 0 radical (unpaired) electrons. The van der Waals surface area contributed by atoms with Crippen LogP contribution in [0.4, 0.5) is 0 Å². The van der Waals surface area contributed by atoms with E-state index >= 15 is 0 Å². The van der Waals surface area contributed by atoms with E-state index in [-0.39, 0.29) is 0 Å². The van der Waals surface area contributed by atoms with Crippen LogP contribution < -0.4 is 0 Å². The standard InChI is InChI=1S/C56H34N4O/c1-2-13-42(14-3-1)59-50-18-7-4-15-44(50)47-32-39(24-27-52(47)59)40-25-28-53-48(33-40)45-16-5-8-19-51(45)60(53)43-26-23-37-29-36(21-22-38(37)31-43)35-11-10-12-41(30-35)55-56-49(34-57-58-55)46-17-6-9-20-54(46)61-56/h1-34H. The lowest BCUT2D eigenvalue weighted by atomic mass is 9.98. The summed E-state index contributed by atoms with van der Waals surface area (Å²) in [5.41, 5.74) is 15.0. The van der Waals surface area contributed by atoms with Crippen molar-refractivity contribution in [3.8, 4) is 44.9 Å². The van der Waals surface area contributed by atoms with Crippen LogP contribution in [0.5, 0.6) is 0 Å². The fourth-order valence-electron chi connectivity index (χ4n) is 9.58. The van der Waals surface area contributed by atoms with Crippen LogP contribution in [0.15, 0.2) is 211 Å². The minimum atomic E-state index is 0.743. The lowest BCUT2D eigenvalue weighted by Gasteiger charge is -2.11. The van der Waals surface area contributed by atoms with Crippen molar-refractivity contribution in [2.75, 3.05) is 0 Å². The fraction of sp³-hybridized carbons (Fsp3) is 0. The van der Waals surface area contributed by atoms with Gasteiger partial charge in [-0.1, -0.05) is 121 Å². The lowest BCUT2D eigenvalue weighted by Crippen LogP contribution is -1.94. The molecule has 0 bridgehead atoms. The van der Waals surface area contributed by atoms with E-state index in [1.54, 1.807) is 6.20 Å². The molecule has 4 heterocycles. The first-order valence-corrected chi connectivity index (χ1v) is 20.6. The number of hydrogen-bond donors (Lipinski definition) is 0. The summed E-state index contributed by atoms with van der Waals surface area (Å²) < 4.78 is 11.1. The van der Waals surface area contributed by atoms with Crippen LogP contribution in [0.25, 0.3) is 121 Å². The Hall–Kier alpha value is -8.28. The number of hydrogen-bond acceptors (Lipinski definition) is 3. The van der Waals surface area contributed by atoms with Crippen LogP contribution in [0.3, 0.4) is 0 Å². The quantitative estimate of drug-likeness (QED) is 0.175. The van der Waals surface area contributed by atoms with E-state index < -0.39 is 0 Å². The first-order chi connectivity index (χ1) is 30.2. The minimum Gasteiger partial charge on any atom is -0.454 e. The maximum Gasteiger partial charge on any atom is 0.165 e. The highest BCUT2D eigenvalue weighted by Crippen LogP contribution is 2.40. The third-order valence-electron chi connectivity index (χ3n) is 12.4. The summed E-state index contributed by atoms with van der Waals surface area (Å²) in [5.74, 6) is 0. The molecule has 0 saturated heterocycles. The second-order valence-corrected chi connectivity index (χ2v) is 15.9. The van der Waals surface area contributed by atoms with Gasteiger partial charge in [-0.15, -0.1) is 5.10 Å².